The first-order chi connectivity index (χ1) is 12.5. The quantitative estimate of drug-likeness (QED) is 0.682. The monoisotopic (exact) mass is 357 g/mol. The zero-order valence-electron chi connectivity index (χ0n) is 15.3. The number of aryl methyl sites for hydroxylation is 3. The summed E-state index contributed by atoms with van der Waals surface area (Å²) < 4.78 is 15.8. The lowest BCUT2D eigenvalue weighted by molar-refractivity contribution is 0.183. The van der Waals surface area contributed by atoms with E-state index >= 15 is 0 Å². The number of halogens is 1. The van der Waals surface area contributed by atoms with E-state index in [1.54, 1.807) is 12.3 Å². The molecule has 26 heavy (non-hydrogen) atoms. The number of aromatic amines is 1. The van der Waals surface area contributed by atoms with Gasteiger partial charge in [-0.15, -0.1) is 0 Å². The summed E-state index contributed by atoms with van der Waals surface area (Å²) in [4.78, 5) is 9.46. The Labute approximate surface area is 152 Å². The molecule has 0 saturated carbocycles. The molecule has 7 heteroatoms. The van der Waals surface area contributed by atoms with Crippen LogP contribution >= 0.6 is 0 Å². The van der Waals surface area contributed by atoms with Gasteiger partial charge in [0, 0.05) is 37.2 Å². The highest BCUT2D eigenvalue weighted by Crippen LogP contribution is 2.21. The number of rotatable bonds is 7. The van der Waals surface area contributed by atoms with E-state index in [1.165, 1.54) is 12.1 Å². The summed E-state index contributed by atoms with van der Waals surface area (Å²) in [6.45, 7) is 7.39. The molecule has 0 aliphatic rings. The number of aliphatic hydroxyl groups is 1. The predicted molar refractivity (Wildman–Crippen MR) is 97.5 cm³/mol. The normalized spacial score (nSPS) is 11.5. The summed E-state index contributed by atoms with van der Waals surface area (Å²) in [6, 6.07) is 6.73. The van der Waals surface area contributed by atoms with Crippen LogP contribution in [0.2, 0.25) is 0 Å². The minimum atomic E-state index is -0.286. The summed E-state index contributed by atoms with van der Waals surface area (Å²) in [5, 5.41) is 13.9. The van der Waals surface area contributed by atoms with Gasteiger partial charge in [-0.05, 0) is 50.6 Å². The maximum absolute atomic E-state index is 13.9. The van der Waals surface area contributed by atoms with Crippen molar-refractivity contribution in [3.8, 4) is 5.69 Å². The fourth-order valence-electron chi connectivity index (χ4n) is 3.15. The molecule has 3 aromatic rings. The first-order valence-corrected chi connectivity index (χ1v) is 8.62. The highest BCUT2D eigenvalue weighted by atomic mass is 19.1. The molecule has 3 rings (SSSR count). The van der Waals surface area contributed by atoms with E-state index in [4.69, 9.17) is 0 Å². The van der Waals surface area contributed by atoms with Crippen LogP contribution in [0.15, 0.2) is 30.5 Å². The van der Waals surface area contributed by atoms with E-state index in [0.717, 1.165) is 34.2 Å². The first-order valence-electron chi connectivity index (χ1n) is 8.62. The van der Waals surface area contributed by atoms with Gasteiger partial charge in [0.2, 0.25) is 0 Å². The summed E-state index contributed by atoms with van der Waals surface area (Å²) in [5.74, 6) is 0.560. The number of nitrogens with zero attached hydrogens (tertiary/aromatic N) is 4. The lowest BCUT2D eigenvalue weighted by Gasteiger charge is -2.22. The fraction of sp³-hybridized carbons (Fsp3) is 0.368. The summed E-state index contributed by atoms with van der Waals surface area (Å²) in [7, 11) is 0. The number of benzene rings is 1. The third kappa shape index (κ3) is 4.17. The SMILES string of the molecule is Cc1cc(C)n(-c2ccc(F)cc2CN(CCO)Cc2cnc(C)[nH]2)n1. The highest BCUT2D eigenvalue weighted by Gasteiger charge is 2.15. The molecule has 0 atom stereocenters. The number of H-pyrrole nitrogens is 1. The Hall–Kier alpha value is -2.51. The molecule has 0 spiro atoms. The van der Waals surface area contributed by atoms with E-state index in [1.807, 2.05) is 31.5 Å². The summed E-state index contributed by atoms with van der Waals surface area (Å²) in [5.41, 5.74) is 4.54. The van der Waals surface area contributed by atoms with Gasteiger partial charge in [0.1, 0.15) is 11.6 Å². The maximum atomic E-state index is 13.9. The van der Waals surface area contributed by atoms with Gasteiger partial charge in [-0.25, -0.2) is 14.1 Å². The molecule has 2 aromatic heterocycles. The van der Waals surface area contributed by atoms with Crippen molar-refractivity contribution in [2.75, 3.05) is 13.2 Å². The average Bonchev–Trinajstić information content (AvgIpc) is 3.13. The van der Waals surface area contributed by atoms with Crippen molar-refractivity contribution >= 4 is 0 Å². The number of aromatic nitrogens is 4. The molecular weight excluding hydrogens is 333 g/mol. The second-order valence-electron chi connectivity index (χ2n) is 6.54. The van der Waals surface area contributed by atoms with Crippen molar-refractivity contribution in [1.82, 2.24) is 24.6 Å². The van der Waals surface area contributed by atoms with Crippen LogP contribution in [0.3, 0.4) is 0 Å². The Balaban J connectivity index is 1.91. The van der Waals surface area contributed by atoms with Crippen molar-refractivity contribution in [2.45, 2.75) is 33.9 Å². The topological polar surface area (TPSA) is 70.0 Å². The van der Waals surface area contributed by atoms with Crippen molar-refractivity contribution in [2.24, 2.45) is 0 Å². The molecule has 0 radical (unpaired) electrons. The van der Waals surface area contributed by atoms with Crippen LogP contribution in [-0.4, -0.2) is 42.9 Å². The Morgan fingerprint density at radius 2 is 2.00 bits per heavy atom. The molecule has 0 aliphatic carbocycles. The van der Waals surface area contributed by atoms with Gasteiger partial charge < -0.3 is 10.1 Å². The Kier molecular flexibility index (Phi) is 5.49. The second kappa shape index (κ2) is 7.80. The third-order valence-corrected chi connectivity index (χ3v) is 4.24. The van der Waals surface area contributed by atoms with Crippen molar-refractivity contribution in [3.63, 3.8) is 0 Å². The summed E-state index contributed by atoms with van der Waals surface area (Å²) >= 11 is 0. The number of imidazole rings is 1. The molecule has 2 heterocycles. The van der Waals surface area contributed by atoms with Crippen molar-refractivity contribution < 1.29 is 9.50 Å². The predicted octanol–water partition coefficient (Wildman–Crippen LogP) is 2.65. The van der Waals surface area contributed by atoms with Crippen LogP contribution in [0.25, 0.3) is 5.69 Å². The minimum absolute atomic E-state index is 0.0255. The van der Waals surface area contributed by atoms with Crippen LogP contribution in [-0.2, 0) is 13.1 Å². The van der Waals surface area contributed by atoms with E-state index in [0.29, 0.717) is 19.6 Å². The lowest BCUT2D eigenvalue weighted by atomic mass is 10.1. The van der Waals surface area contributed by atoms with Crippen LogP contribution in [0.5, 0.6) is 0 Å². The molecule has 0 bridgehead atoms. The standard InChI is InChI=1S/C19H24FN5O/c1-13-8-14(2)25(23-13)19-5-4-17(20)9-16(19)11-24(6-7-26)12-18-10-21-15(3)22-18/h4-5,8-10,26H,6-7,11-12H2,1-3H3,(H,21,22). The van der Waals surface area contributed by atoms with Crippen LogP contribution < -0.4 is 0 Å². The van der Waals surface area contributed by atoms with Gasteiger partial charge in [0.15, 0.2) is 0 Å². The number of hydrogen-bond donors (Lipinski definition) is 2. The number of nitrogens with one attached hydrogen (secondary N) is 1. The molecule has 2 N–H and O–H groups in total. The largest absolute Gasteiger partial charge is 0.395 e. The van der Waals surface area contributed by atoms with E-state index < -0.39 is 0 Å². The molecule has 6 nitrogen and oxygen atoms in total. The van der Waals surface area contributed by atoms with Crippen LogP contribution in [0, 0.1) is 26.6 Å². The molecule has 0 amide bonds. The van der Waals surface area contributed by atoms with Crippen molar-refractivity contribution in [1.29, 1.82) is 0 Å². The Morgan fingerprint density at radius 3 is 2.62 bits per heavy atom. The van der Waals surface area contributed by atoms with Gasteiger partial charge in [-0.2, -0.15) is 5.10 Å². The molecule has 0 fully saturated rings. The molecule has 1 aromatic carbocycles. The van der Waals surface area contributed by atoms with Crippen LogP contribution in [0.1, 0.15) is 28.5 Å². The molecular formula is C19H24FN5O. The van der Waals surface area contributed by atoms with Gasteiger partial charge in [-0.1, -0.05) is 0 Å². The van der Waals surface area contributed by atoms with E-state index in [2.05, 4.69) is 20.0 Å². The van der Waals surface area contributed by atoms with Crippen LogP contribution in [0.4, 0.5) is 4.39 Å². The summed E-state index contributed by atoms with van der Waals surface area (Å²) in [6.07, 6.45) is 1.78. The van der Waals surface area contributed by atoms with Gasteiger partial charge in [-0.3, -0.25) is 4.90 Å². The fourth-order valence-corrected chi connectivity index (χ4v) is 3.15. The highest BCUT2D eigenvalue weighted by molar-refractivity contribution is 5.42. The number of aliphatic hydroxyl groups excluding tert-OH is 1. The van der Waals surface area contributed by atoms with Gasteiger partial charge in [0.05, 0.1) is 18.0 Å². The lowest BCUT2D eigenvalue weighted by Crippen LogP contribution is -2.27. The van der Waals surface area contributed by atoms with Gasteiger partial charge in [0.25, 0.3) is 0 Å². The number of hydrogen-bond acceptors (Lipinski definition) is 4. The smallest absolute Gasteiger partial charge is 0.123 e. The third-order valence-electron chi connectivity index (χ3n) is 4.24. The Morgan fingerprint density at radius 1 is 1.19 bits per heavy atom. The minimum Gasteiger partial charge on any atom is -0.395 e. The molecule has 0 unspecified atom stereocenters. The zero-order chi connectivity index (χ0) is 18.7. The molecule has 0 saturated heterocycles. The average molecular weight is 357 g/mol. The second-order valence-corrected chi connectivity index (χ2v) is 6.54. The Bertz CT molecular complexity index is 886. The van der Waals surface area contributed by atoms with E-state index in [-0.39, 0.29) is 12.4 Å². The van der Waals surface area contributed by atoms with E-state index in [9.17, 15) is 9.50 Å². The van der Waals surface area contributed by atoms with Crippen molar-refractivity contribution in [3.05, 3.63) is 64.7 Å². The van der Waals surface area contributed by atoms with Gasteiger partial charge >= 0.3 is 0 Å². The first kappa shape index (κ1) is 18.3. The zero-order valence-corrected chi connectivity index (χ0v) is 15.3. The molecule has 138 valence electrons. The molecule has 0 aliphatic heterocycles. The maximum Gasteiger partial charge on any atom is 0.123 e.